The summed E-state index contributed by atoms with van der Waals surface area (Å²) in [4.78, 5) is 25.2. The molecule has 1 aliphatic rings. The van der Waals surface area contributed by atoms with E-state index in [1.54, 1.807) is 0 Å². The van der Waals surface area contributed by atoms with Gasteiger partial charge in [-0.3, -0.25) is 9.59 Å². The first-order valence-corrected chi connectivity index (χ1v) is 11.9. The molecule has 1 aliphatic heterocycles. The zero-order valence-corrected chi connectivity index (χ0v) is 19.8. The molecule has 4 nitrogen and oxygen atoms in total. The number of thiocarbonyl (C=S) groups is 1. The first-order valence-electron chi connectivity index (χ1n) is 10.7. The Morgan fingerprint density at radius 3 is 2.45 bits per heavy atom. The summed E-state index contributed by atoms with van der Waals surface area (Å²) in [5, 5.41) is 2.62. The molecule has 0 aromatic heterocycles. The van der Waals surface area contributed by atoms with Crippen molar-refractivity contribution < 1.29 is 14.3 Å². The first-order chi connectivity index (χ1) is 16.0. The summed E-state index contributed by atoms with van der Waals surface area (Å²) in [6.45, 7) is 2.52. The highest BCUT2D eigenvalue weighted by Gasteiger charge is 2.21. The van der Waals surface area contributed by atoms with Gasteiger partial charge in [0.05, 0.1) is 4.91 Å². The summed E-state index contributed by atoms with van der Waals surface area (Å²) in [6, 6.07) is 22.8. The van der Waals surface area contributed by atoms with Crippen LogP contribution in [0.4, 0.5) is 0 Å². The number of amides is 1. The van der Waals surface area contributed by atoms with Crippen molar-refractivity contribution in [2.45, 2.75) is 26.4 Å². The molecule has 166 valence electrons. The molecule has 1 heterocycles. The lowest BCUT2D eigenvalue weighted by Gasteiger charge is -2.13. The highest BCUT2D eigenvalue weighted by molar-refractivity contribution is 8.26. The summed E-state index contributed by atoms with van der Waals surface area (Å²) < 4.78 is 6.59. The van der Waals surface area contributed by atoms with E-state index in [2.05, 4.69) is 12.2 Å². The standard InChI is InChI=1S/C27H23NO3S2/c1-2-6-21-16-22(25(29)20-7-4-3-5-8-20)13-14-23(21)31-17-19-11-9-18(10-12-19)15-24-26(30)28-27(32)33-24/h3-5,7-16H,2,6,17H2,1H3,(H,28,30,32)/b24-15-. The summed E-state index contributed by atoms with van der Waals surface area (Å²) in [5.41, 5.74) is 4.32. The first kappa shape index (κ1) is 23.0. The van der Waals surface area contributed by atoms with Crippen molar-refractivity contribution >= 4 is 46.1 Å². The Morgan fingerprint density at radius 1 is 1.03 bits per heavy atom. The third-order valence-electron chi connectivity index (χ3n) is 5.19. The van der Waals surface area contributed by atoms with Crippen molar-refractivity contribution in [3.63, 3.8) is 0 Å². The number of ketones is 1. The van der Waals surface area contributed by atoms with Gasteiger partial charge in [0.25, 0.3) is 5.91 Å². The van der Waals surface area contributed by atoms with E-state index >= 15 is 0 Å². The Bertz CT molecular complexity index is 1220. The fourth-order valence-electron chi connectivity index (χ4n) is 3.53. The van der Waals surface area contributed by atoms with E-state index in [0.29, 0.717) is 27.0 Å². The second kappa shape index (κ2) is 10.6. The SMILES string of the molecule is CCCc1cc(C(=O)c2ccccc2)ccc1OCc1ccc(/C=C2\SC(=S)NC2=O)cc1. The number of ether oxygens (including phenoxy) is 1. The average molecular weight is 474 g/mol. The Morgan fingerprint density at radius 2 is 1.79 bits per heavy atom. The van der Waals surface area contributed by atoms with Gasteiger partial charge < -0.3 is 10.1 Å². The van der Waals surface area contributed by atoms with Crippen molar-refractivity contribution in [1.82, 2.24) is 5.32 Å². The number of aryl methyl sites for hydroxylation is 1. The molecule has 0 unspecified atom stereocenters. The molecule has 3 aromatic rings. The Balaban J connectivity index is 1.45. The summed E-state index contributed by atoms with van der Waals surface area (Å²) in [7, 11) is 0. The highest BCUT2D eigenvalue weighted by atomic mass is 32.2. The molecular weight excluding hydrogens is 450 g/mol. The van der Waals surface area contributed by atoms with Crippen LogP contribution in [0.3, 0.4) is 0 Å². The predicted molar refractivity (Wildman–Crippen MR) is 137 cm³/mol. The van der Waals surface area contributed by atoms with Crippen molar-refractivity contribution in [3.05, 3.63) is 106 Å². The number of carbonyl (C=O) groups is 2. The van der Waals surface area contributed by atoms with Gasteiger partial charge in [-0.15, -0.1) is 0 Å². The third kappa shape index (κ3) is 5.78. The summed E-state index contributed by atoms with van der Waals surface area (Å²) in [5.74, 6) is 0.648. The predicted octanol–water partition coefficient (Wildman–Crippen LogP) is 5.94. The van der Waals surface area contributed by atoms with Crippen molar-refractivity contribution in [1.29, 1.82) is 0 Å². The summed E-state index contributed by atoms with van der Waals surface area (Å²) >= 11 is 6.29. The monoisotopic (exact) mass is 473 g/mol. The molecule has 3 aromatic carbocycles. The molecule has 0 spiro atoms. The molecule has 0 aliphatic carbocycles. The van der Waals surface area contributed by atoms with Crippen LogP contribution in [0, 0.1) is 0 Å². The van der Waals surface area contributed by atoms with Gasteiger partial charge in [-0.05, 0) is 47.4 Å². The normalized spacial score (nSPS) is 14.4. The second-order valence-electron chi connectivity index (χ2n) is 7.65. The van der Waals surface area contributed by atoms with E-state index in [0.717, 1.165) is 35.3 Å². The van der Waals surface area contributed by atoms with E-state index in [4.69, 9.17) is 17.0 Å². The van der Waals surface area contributed by atoms with Crippen molar-refractivity contribution in [2.75, 3.05) is 0 Å². The molecule has 1 N–H and O–H groups in total. The lowest BCUT2D eigenvalue weighted by atomic mass is 9.99. The number of rotatable bonds is 8. The van der Waals surface area contributed by atoms with E-state index in [1.165, 1.54) is 11.8 Å². The van der Waals surface area contributed by atoms with Gasteiger partial charge >= 0.3 is 0 Å². The number of benzene rings is 3. The average Bonchev–Trinajstić information content (AvgIpc) is 3.15. The van der Waals surface area contributed by atoms with Gasteiger partial charge in [-0.25, -0.2) is 0 Å². The number of hydrogen-bond donors (Lipinski definition) is 1. The van der Waals surface area contributed by atoms with Crippen LogP contribution in [0.5, 0.6) is 5.75 Å². The number of carbonyl (C=O) groups excluding carboxylic acids is 2. The van der Waals surface area contributed by atoms with E-state index in [9.17, 15) is 9.59 Å². The second-order valence-corrected chi connectivity index (χ2v) is 9.37. The molecule has 0 atom stereocenters. The molecule has 4 rings (SSSR count). The van der Waals surface area contributed by atoms with Crippen LogP contribution >= 0.6 is 24.0 Å². The van der Waals surface area contributed by atoms with Crippen molar-refractivity contribution in [3.8, 4) is 5.75 Å². The van der Waals surface area contributed by atoms with Crippen LogP contribution in [-0.2, 0) is 17.8 Å². The molecule has 1 amide bonds. The lowest BCUT2D eigenvalue weighted by molar-refractivity contribution is -0.115. The minimum Gasteiger partial charge on any atom is -0.489 e. The highest BCUT2D eigenvalue weighted by Crippen LogP contribution is 2.27. The van der Waals surface area contributed by atoms with Crippen LogP contribution in [-0.4, -0.2) is 16.0 Å². The number of hydrogen-bond acceptors (Lipinski definition) is 5. The van der Waals surface area contributed by atoms with Gasteiger partial charge in [0.15, 0.2) is 5.78 Å². The van der Waals surface area contributed by atoms with Crippen LogP contribution < -0.4 is 10.1 Å². The fraction of sp³-hybridized carbons (Fsp3) is 0.148. The largest absolute Gasteiger partial charge is 0.489 e. The van der Waals surface area contributed by atoms with Crippen LogP contribution in [0.1, 0.15) is 46.0 Å². The van der Waals surface area contributed by atoms with Gasteiger partial charge in [-0.1, -0.05) is 91.9 Å². The lowest BCUT2D eigenvalue weighted by Crippen LogP contribution is -2.17. The molecule has 33 heavy (non-hydrogen) atoms. The molecule has 0 saturated carbocycles. The molecular formula is C27H23NO3S2. The van der Waals surface area contributed by atoms with E-state index in [1.807, 2.05) is 78.9 Å². The van der Waals surface area contributed by atoms with Gasteiger partial charge in [0, 0.05) is 11.1 Å². The molecule has 0 radical (unpaired) electrons. The maximum atomic E-state index is 12.8. The quantitative estimate of drug-likeness (QED) is 0.249. The molecule has 6 heteroatoms. The van der Waals surface area contributed by atoms with Crippen LogP contribution in [0.15, 0.2) is 77.7 Å². The molecule has 0 bridgehead atoms. The Kier molecular flexibility index (Phi) is 7.37. The Hall–Kier alpha value is -3.22. The molecule has 1 saturated heterocycles. The van der Waals surface area contributed by atoms with Crippen molar-refractivity contribution in [2.24, 2.45) is 0 Å². The Labute approximate surface area is 203 Å². The van der Waals surface area contributed by atoms with Crippen LogP contribution in [0.25, 0.3) is 6.08 Å². The zero-order valence-electron chi connectivity index (χ0n) is 18.2. The minimum atomic E-state index is -0.157. The fourth-order valence-corrected chi connectivity index (χ4v) is 4.57. The van der Waals surface area contributed by atoms with E-state index < -0.39 is 0 Å². The smallest absolute Gasteiger partial charge is 0.263 e. The van der Waals surface area contributed by atoms with Gasteiger partial charge in [0.1, 0.15) is 16.7 Å². The topological polar surface area (TPSA) is 55.4 Å². The number of thioether (sulfide) groups is 1. The zero-order chi connectivity index (χ0) is 23.2. The third-order valence-corrected chi connectivity index (χ3v) is 6.35. The minimum absolute atomic E-state index is 0.0130. The van der Waals surface area contributed by atoms with Gasteiger partial charge in [0.2, 0.25) is 0 Å². The van der Waals surface area contributed by atoms with Gasteiger partial charge in [-0.2, -0.15) is 0 Å². The maximum absolute atomic E-state index is 12.8. The summed E-state index contributed by atoms with van der Waals surface area (Å²) in [6.07, 6.45) is 3.61. The maximum Gasteiger partial charge on any atom is 0.263 e. The molecule has 1 fully saturated rings. The number of nitrogens with one attached hydrogen (secondary N) is 1. The van der Waals surface area contributed by atoms with Crippen LogP contribution in [0.2, 0.25) is 0 Å². The van der Waals surface area contributed by atoms with E-state index in [-0.39, 0.29) is 11.7 Å².